The van der Waals surface area contributed by atoms with E-state index in [-0.39, 0.29) is 0 Å². The van der Waals surface area contributed by atoms with Gasteiger partial charge in [-0.2, -0.15) is 0 Å². The van der Waals surface area contributed by atoms with Gasteiger partial charge < -0.3 is 4.74 Å². The molecule has 0 N–H and O–H groups in total. The molecular formula is C27H27N2O. The van der Waals surface area contributed by atoms with Crippen LogP contribution in [-0.2, 0) is 11.3 Å². The second-order valence-electron chi connectivity index (χ2n) is 7.42. The van der Waals surface area contributed by atoms with Crippen molar-refractivity contribution in [2.75, 3.05) is 6.61 Å². The fourth-order valence-electron chi connectivity index (χ4n) is 3.52. The van der Waals surface area contributed by atoms with Gasteiger partial charge in [0.1, 0.15) is 5.84 Å². The molecule has 30 heavy (non-hydrogen) atoms. The third-order valence-corrected chi connectivity index (χ3v) is 5.10. The van der Waals surface area contributed by atoms with Gasteiger partial charge in [-0.25, -0.2) is 10.3 Å². The van der Waals surface area contributed by atoms with Gasteiger partial charge >= 0.3 is 0 Å². The molecule has 0 bridgehead atoms. The number of unbranched alkanes of at least 4 members (excludes halogenated alkanes) is 2. The number of amidine groups is 1. The first-order chi connectivity index (χ1) is 14.9. The standard InChI is InChI=1S/C27H27N2O/c1-5-13-22(14-6-1)21-30-20-12-4-11-19-25-28-26(23-15-7-2-8-16-23)27(29-25)24-17-9-3-10-18-24/h1-3,5-10,13-18H,4,11-12,19-21H2. The smallest absolute Gasteiger partial charge is 0.129 e. The van der Waals surface area contributed by atoms with Gasteiger partial charge in [0.25, 0.3) is 0 Å². The van der Waals surface area contributed by atoms with Crippen LogP contribution in [0.25, 0.3) is 11.4 Å². The van der Waals surface area contributed by atoms with Crippen LogP contribution < -0.4 is 5.32 Å². The van der Waals surface area contributed by atoms with Crippen molar-refractivity contribution in [2.24, 2.45) is 4.99 Å². The Balaban J connectivity index is 1.27. The predicted octanol–water partition coefficient (Wildman–Crippen LogP) is 6.31. The second-order valence-corrected chi connectivity index (χ2v) is 7.42. The molecular weight excluding hydrogens is 368 g/mol. The van der Waals surface area contributed by atoms with E-state index in [1.165, 1.54) is 5.56 Å². The van der Waals surface area contributed by atoms with Crippen LogP contribution in [0.5, 0.6) is 0 Å². The topological polar surface area (TPSA) is 35.7 Å². The average molecular weight is 396 g/mol. The van der Waals surface area contributed by atoms with E-state index < -0.39 is 0 Å². The number of hydrogen-bond donors (Lipinski definition) is 0. The van der Waals surface area contributed by atoms with Gasteiger partial charge in [-0.15, -0.1) is 0 Å². The lowest BCUT2D eigenvalue weighted by Gasteiger charge is -2.06. The van der Waals surface area contributed by atoms with E-state index in [2.05, 4.69) is 36.4 Å². The molecule has 151 valence electrons. The third-order valence-electron chi connectivity index (χ3n) is 5.10. The SMILES string of the molecule is c1ccc(COCCCCCC2=NC(c3ccccc3)=C(c3ccccc3)[N]2)cc1. The van der Waals surface area contributed by atoms with Gasteiger partial charge in [0, 0.05) is 24.2 Å². The molecule has 0 saturated carbocycles. The molecule has 1 aliphatic rings. The maximum atomic E-state index is 5.78. The van der Waals surface area contributed by atoms with Gasteiger partial charge in [-0.3, -0.25) is 0 Å². The number of rotatable bonds is 10. The summed E-state index contributed by atoms with van der Waals surface area (Å²) in [7, 11) is 0. The molecule has 0 amide bonds. The fourth-order valence-corrected chi connectivity index (χ4v) is 3.52. The molecule has 0 aliphatic carbocycles. The van der Waals surface area contributed by atoms with Gasteiger partial charge in [0.05, 0.1) is 18.0 Å². The summed E-state index contributed by atoms with van der Waals surface area (Å²) in [4.78, 5) is 4.89. The zero-order valence-electron chi connectivity index (χ0n) is 17.2. The quantitative estimate of drug-likeness (QED) is 0.371. The summed E-state index contributed by atoms with van der Waals surface area (Å²) in [6.45, 7) is 1.48. The van der Waals surface area contributed by atoms with Crippen LogP contribution in [0.15, 0.2) is 96.0 Å². The zero-order valence-corrected chi connectivity index (χ0v) is 17.2. The largest absolute Gasteiger partial charge is 0.377 e. The van der Waals surface area contributed by atoms with Gasteiger partial charge in [0.2, 0.25) is 0 Å². The van der Waals surface area contributed by atoms with Crippen LogP contribution in [0, 0.1) is 0 Å². The summed E-state index contributed by atoms with van der Waals surface area (Å²) in [5.41, 5.74) is 5.41. The van der Waals surface area contributed by atoms with Crippen LogP contribution >= 0.6 is 0 Å². The first-order valence-corrected chi connectivity index (χ1v) is 10.7. The Morgan fingerprint density at radius 1 is 0.600 bits per heavy atom. The molecule has 0 saturated heterocycles. The van der Waals surface area contributed by atoms with Crippen molar-refractivity contribution < 1.29 is 4.74 Å². The van der Waals surface area contributed by atoms with Crippen molar-refractivity contribution in [3.8, 4) is 0 Å². The third kappa shape index (κ3) is 5.46. The Bertz CT molecular complexity index is 979. The molecule has 0 unspecified atom stereocenters. The van der Waals surface area contributed by atoms with Gasteiger partial charge in [-0.1, -0.05) is 97.4 Å². The van der Waals surface area contributed by atoms with Crippen LogP contribution in [-0.4, -0.2) is 12.4 Å². The number of aliphatic imine (C=N–C) groups is 1. The second kappa shape index (κ2) is 10.6. The predicted molar refractivity (Wildman–Crippen MR) is 124 cm³/mol. The molecule has 3 aromatic carbocycles. The molecule has 1 radical (unpaired) electrons. The minimum absolute atomic E-state index is 0.688. The van der Waals surface area contributed by atoms with E-state index >= 15 is 0 Å². The van der Waals surface area contributed by atoms with E-state index in [0.717, 1.165) is 60.6 Å². The average Bonchev–Trinajstić information content (AvgIpc) is 3.24. The van der Waals surface area contributed by atoms with Crippen molar-refractivity contribution in [1.29, 1.82) is 0 Å². The fraction of sp³-hybridized carbons (Fsp3) is 0.222. The normalized spacial score (nSPS) is 13.3. The van der Waals surface area contributed by atoms with Crippen molar-refractivity contribution >= 4 is 17.2 Å². The lowest BCUT2D eigenvalue weighted by Crippen LogP contribution is -2.10. The maximum Gasteiger partial charge on any atom is 0.129 e. The molecule has 0 aromatic heterocycles. The van der Waals surface area contributed by atoms with E-state index in [1.807, 2.05) is 54.6 Å². The van der Waals surface area contributed by atoms with Crippen molar-refractivity contribution in [1.82, 2.24) is 5.32 Å². The molecule has 3 nitrogen and oxygen atoms in total. The lowest BCUT2D eigenvalue weighted by molar-refractivity contribution is 0.117. The monoisotopic (exact) mass is 395 g/mol. The Morgan fingerprint density at radius 2 is 1.20 bits per heavy atom. The van der Waals surface area contributed by atoms with Crippen LogP contribution in [0.2, 0.25) is 0 Å². The van der Waals surface area contributed by atoms with E-state index in [1.54, 1.807) is 0 Å². The summed E-state index contributed by atoms with van der Waals surface area (Å²) in [6.07, 6.45) is 4.14. The Kier molecular flexibility index (Phi) is 7.08. The first-order valence-electron chi connectivity index (χ1n) is 10.7. The Hall–Kier alpha value is -3.17. The van der Waals surface area contributed by atoms with Crippen LogP contribution in [0.3, 0.4) is 0 Å². The Morgan fingerprint density at radius 3 is 1.87 bits per heavy atom. The summed E-state index contributed by atoms with van der Waals surface area (Å²) < 4.78 is 5.78. The first kappa shape index (κ1) is 20.1. The summed E-state index contributed by atoms with van der Waals surface area (Å²) >= 11 is 0. The van der Waals surface area contributed by atoms with Gasteiger partial charge in [0.15, 0.2) is 0 Å². The van der Waals surface area contributed by atoms with Crippen LogP contribution in [0.1, 0.15) is 42.4 Å². The highest BCUT2D eigenvalue weighted by Gasteiger charge is 2.21. The molecule has 1 aliphatic heterocycles. The zero-order chi connectivity index (χ0) is 20.4. The molecule has 4 rings (SSSR count). The molecule has 0 atom stereocenters. The maximum absolute atomic E-state index is 5.78. The van der Waals surface area contributed by atoms with E-state index in [9.17, 15) is 0 Å². The highest BCUT2D eigenvalue weighted by atomic mass is 16.5. The molecule has 3 aromatic rings. The van der Waals surface area contributed by atoms with Crippen molar-refractivity contribution in [2.45, 2.75) is 32.3 Å². The van der Waals surface area contributed by atoms with Crippen molar-refractivity contribution in [3.05, 3.63) is 108 Å². The summed E-state index contributed by atoms with van der Waals surface area (Å²) in [6, 6.07) is 31.0. The molecule has 0 fully saturated rings. The lowest BCUT2D eigenvalue weighted by atomic mass is 10.1. The van der Waals surface area contributed by atoms with E-state index in [4.69, 9.17) is 15.0 Å². The molecule has 0 spiro atoms. The van der Waals surface area contributed by atoms with Crippen molar-refractivity contribution in [3.63, 3.8) is 0 Å². The van der Waals surface area contributed by atoms with Gasteiger partial charge in [-0.05, 0) is 18.4 Å². The number of benzene rings is 3. The highest BCUT2D eigenvalue weighted by molar-refractivity contribution is 6.07. The number of nitrogens with zero attached hydrogens (tertiary/aromatic N) is 2. The minimum atomic E-state index is 0.688. The number of hydrogen-bond acceptors (Lipinski definition) is 2. The summed E-state index contributed by atoms with van der Waals surface area (Å²) in [5.74, 6) is 0.929. The number of ether oxygens (including phenoxy) is 1. The minimum Gasteiger partial charge on any atom is -0.377 e. The Labute approximate surface area is 179 Å². The summed E-state index contributed by atoms with van der Waals surface area (Å²) in [5, 5.41) is 4.89. The molecule has 3 heteroatoms. The highest BCUT2D eigenvalue weighted by Crippen LogP contribution is 2.31. The molecule has 1 heterocycles. The van der Waals surface area contributed by atoms with E-state index in [0.29, 0.717) is 6.61 Å². The van der Waals surface area contributed by atoms with Crippen LogP contribution in [0.4, 0.5) is 0 Å².